The third-order valence-corrected chi connectivity index (χ3v) is 7.79. The molecule has 1 aromatic heterocycles. The number of alkyl carbamates (subject to hydrolysis) is 1. The number of benzene rings is 2. The van der Waals surface area contributed by atoms with Gasteiger partial charge >= 0.3 is 12.1 Å². The largest absolute Gasteiger partial charge is 0.478 e. The Kier molecular flexibility index (Phi) is 10.5. The van der Waals surface area contributed by atoms with Gasteiger partial charge in [0.1, 0.15) is 11.3 Å². The van der Waals surface area contributed by atoms with Crippen LogP contribution < -0.4 is 10.0 Å². The molecule has 0 unspecified atom stereocenters. The highest BCUT2D eigenvalue weighted by Crippen LogP contribution is 2.31. The molecule has 0 radical (unpaired) electrons. The average molecular weight is 615 g/mol. The van der Waals surface area contributed by atoms with Crippen LogP contribution in [0, 0.1) is 25.6 Å². The second kappa shape index (κ2) is 13.5. The number of aromatic carboxylic acids is 1. The van der Waals surface area contributed by atoms with Gasteiger partial charge in [-0.1, -0.05) is 38.1 Å². The number of nitrogens with one attached hydrogen (secondary N) is 2. The molecule has 232 valence electrons. The minimum Gasteiger partial charge on any atom is -0.478 e. The molecule has 1 atom stereocenters. The van der Waals surface area contributed by atoms with Crippen LogP contribution in [-0.2, 0) is 21.2 Å². The predicted octanol–water partition coefficient (Wildman–Crippen LogP) is 6.27. The summed E-state index contributed by atoms with van der Waals surface area (Å²) in [4.78, 5) is 32.1. The lowest BCUT2D eigenvalue weighted by Crippen LogP contribution is -2.40. The molecule has 0 spiro atoms. The lowest BCUT2D eigenvalue weighted by atomic mass is 9.96. The number of carboxylic acids is 1. The fourth-order valence-corrected chi connectivity index (χ4v) is 5.63. The normalized spacial score (nSPS) is 12.6. The molecule has 0 aliphatic rings. The summed E-state index contributed by atoms with van der Waals surface area (Å²) in [5.74, 6) is -2.14. The molecule has 3 rings (SSSR count). The number of carboxylic acid groups (broad SMARTS) is 1. The van der Waals surface area contributed by atoms with Gasteiger partial charge in [0.05, 0.1) is 16.2 Å². The number of carbonyl (C=O) groups excluding carboxylic acids is 1. The Morgan fingerprint density at radius 1 is 1.05 bits per heavy atom. The second-order valence-electron chi connectivity index (χ2n) is 11.9. The van der Waals surface area contributed by atoms with E-state index in [0.29, 0.717) is 18.4 Å². The van der Waals surface area contributed by atoms with Crippen molar-refractivity contribution in [2.45, 2.75) is 84.3 Å². The quantitative estimate of drug-likeness (QED) is 0.229. The SMILES string of the molecule is Cc1cccc(C)c1-c1nc(NS(=O)(=O)c2cccc(C(=O)O)c2)nc(CC[C@@H](CC(C)C)NC(=O)OC(C)(C)C)c1F. The summed E-state index contributed by atoms with van der Waals surface area (Å²) >= 11 is 0. The first-order valence-corrected chi connectivity index (χ1v) is 15.4. The van der Waals surface area contributed by atoms with Crippen LogP contribution in [0.25, 0.3) is 11.3 Å². The number of ether oxygens (including phenoxy) is 1. The number of amides is 1. The number of sulfonamides is 1. The van der Waals surface area contributed by atoms with Gasteiger partial charge in [0.2, 0.25) is 5.95 Å². The maximum absolute atomic E-state index is 16.1. The Hall–Kier alpha value is -4.06. The number of hydrogen-bond donors (Lipinski definition) is 3. The van der Waals surface area contributed by atoms with Gasteiger partial charge in [-0.2, -0.15) is 0 Å². The Bertz CT molecular complexity index is 1580. The zero-order valence-corrected chi connectivity index (χ0v) is 26.3. The van der Waals surface area contributed by atoms with Crippen molar-refractivity contribution < 1.29 is 32.2 Å². The van der Waals surface area contributed by atoms with Gasteiger partial charge in [0.15, 0.2) is 5.82 Å². The van der Waals surface area contributed by atoms with Gasteiger partial charge in [-0.25, -0.2) is 37.1 Å². The Labute approximate surface area is 252 Å². The van der Waals surface area contributed by atoms with E-state index < -0.39 is 33.5 Å². The maximum Gasteiger partial charge on any atom is 0.407 e. The fraction of sp³-hybridized carbons (Fsp3) is 0.419. The van der Waals surface area contributed by atoms with E-state index in [2.05, 4.69) is 20.0 Å². The van der Waals surface area contributed by atoms with Crippen molar-refractivity contribution >= 4 is 28.0 Å². The minimum atomic E-state index is -4.33. The monoisotopic (exact) mass is 614 g/mol. The first kappa shape index (κ1) is 33.4. The van der Waals surface area contributed by atoms with E-state index in [-0.39, 0.29) is 46.2 Å². The lowest BCUT2D eigenvalue weighted by Gasteiger charge is -2.25. The molecule has 0 aliphatic carbocycles. The molecule has 10 nitrogen and oxygen atoms in total. The Morgan fingerprint density at radius 2 is 1.67 bits per heavy atom. The summed E-state index contributed by atoms with van der Waals surface area (Å²) in [5.41, 5.74) is 0.951. The summed E-state index contributed by atoms with van der Waals surface area (Å²) in [6, 6.07) is 9.89. The van der Waals surface area contributed by atoms with E-state index in [1.165, 1.54) is 18.2 Å². The first-order chi connectivity index (χ1) is 20.0. The van der Waals surface area contributed by atoms with Crippen molar-refractivity contribution in [2.24, 2.45) is 5.92 Å². The first-order valence-electron chi connectivity index (χ1n) is 14.0. The third-order valence-electron chi connectivity index (χ3n) is 6.46. The van der Waals surface area contributed by atoms with Gasteiger partial charge in [-0.05, 0) is 89.1 Å². The fourth-order valence-electron chi connectivity index (χ4n) is 4.64. The molecule has 0 saturated carbocycles. The summed E-state index contributed by atoms with van der Waals surface area (Å²) in [6.07, 6.45) is 0.358. The van der Waals surface area contributed by atoms with E-state index in [9.17, 15) is 23.1 Å². The molecule has 0 aliphatic heterocycles. The molecule has 2 aromatic carbocycles. The Balaban J connectivity index is 2.04. The maximum atomic E-state index is 16.1. The molecule has 3 aromatic rings. The molecule has 1 heterocycles. The molecule has 0 saturated heterocycles. The highest BCUT2D eigenvalue weighted by molar-refractivity contribution is 7.92. The van der Waals surface area contributed by atoms with E-state index >= 15 is 4.39 Å². The topological polar surface area (TPSA) is 148 Å². The smallest absolute Gasteiger partial charge is 0.407 e. The molecule has 3 N–H and O–H groups in total. The van der Waals surface area contributed by atoms with Gasteiger partial charge in [0, 0.05) is 11.6 Å². The van der Waals surface area contributed by atoms with Crippen LogP contribution in [0.4, 0.5) is 15.1 Å². The summed E-state index contributed by atoms with van der Waals surface area (Å²) < 4.78 is 50.3. The summed E-state index contributed by atoms with van der Waals surface area (Å²) in [5, 5.41) is 12.2. The number of carbonyl (C=O) groups is 2. The number of rotatable bonds is 11. The molecule has 43 heavy (non-hydrogen) atoms. The van der Waals surface area contributed by atoms with Crippen LogP contribution in [0.1, 0.15) is 74.6 Å². The minimum absolute atomic E-state index is 0.0376. The van der Waals surface area contributed by atoms with Crippen LogP contribution in [0.3, 0.4) is 0 Å². The molecule has 1 amide bonds. The van der Waals surface area contributed by atoms with Crippen LogP contribution in [0.15, 0.2) is 47.4 Å². The van der Waals surface area contributed by atoms with E-state index in [4.69, 9.17) is 4.74 Å². The van der Waals surface area contributed by atoms with Crippen molar-refractivity contribution in [1.82, 2.24) is 15.3 Å². The number of hydrogen-bond acceptors (Lipinski definition) is 7. The zero-order valence-electron chi connectivity index (χ0n) is 25.5. The van der Waals surface area contributed by atoms with Crippen LogP contribution in [0.5, 0.6) is 0 Å². The molecule has 0 bridgehead atoms. The molecular formula is C31H39FN4O6S. The van der Waals surface area contributed by atoms with Crippen LogP contribution >= 0.6 is 0 Å². The lowest BCUT2D eigenvalue weighted by molar-refractivity contribution is 0.0495. The summed E-state index contributed by atoms with van der Waals surface area (Å²) in [7, 11) is -4.33. The standard InChI is InChI=1S/C31H39FN4O6S/c1-18(2)16-22(33-30(39)42-31(5,6)7)14-15-24-26(32)27(25-19(3)10-8-11-20(25)4)35-29(34-24)36-43(40,41)23-13-9-12-21(17-23)28(37)38/h8-13,17-18,22H,14-16H2,1-7H3,(H,33,39)(H,37,38)(H,34,35,36)/t22-/m0/s1. The van der Waals surface area contributed by atoms with Crippen molar-refractivity contribution in [3.05, 3.63) is 70.7 Å². The number of anilines is 1. The predicted molar refractivity (Wildman–Crippen MR) is 162 cm³/mol. The third kappa shape index (κ3) is 9.21. The molecule has 12 heteroatoms. The molecular weight excluding hydrogens is 575 g/mol. The number of aromatic nitrogens is 2. The van der Waals surface area contributed by atoms with E-state index in [1.807, 2.05) is 19.9 Å². The average Bonchev–Trinajstić information content (AvgIpc) is 2.87. The van der Waals surface area contributed by atoms with Gasteiger partial charge in [-0.15, -0.1) is 0 Å². The second-order valence-corrected chi connectivity index (χ2v) is 13.6. The van der Waals surface area contributed by atoms with Gasteiger partial charge in [-0.3, -0.25) is 0 Å². The number of aryl methyl sites for hydroxylation is 3. The highest BCUT2D eigenvalue weighted by atomic mass is 32.2. The van der Waals surface area contributed by atoms with Gasteiger partial charge < -0.3 is 15.2 Å². The molecule has 0 fully saturated rings. The number of halogens is 1. The van der Waals surface area contributed by atoms with Crippen molar-refractivity contribution in [1.29, 1.82) is 0 Å². The van der Waals surface area contributed by atoms with E-state index in [0.717, 1.165) is 17.2 Å². The highest BCUT2D eigenvalue weighted by Gasteiger charge is 2.25. The summed E-state index contributed by atoms with van der Waals surface area (Å²) in [6.45, 7) is 12.9. The van der Waals surface area contributed by atoms with Crippen LogP contribution in [-0.4, -0.2) is 47.2 Å². The van der Waals surface area contributed by atoms with Crippen LogP contribution in [0.2, 0.25) is 0 Å². The zero-order chi connectivity index (χ0) is 32.1. The van der Waals surface area contributed by atoms with E-state index in [1.54, 1.807) is 46.8 Å². The number of nitrogens with zero attached hydrogens (tertiary/aromatic N) is 2. The van der Waals surface area contributed by atoms with Crippen molar-refractivity contribution in [3.8, 4) is 11.3 Å². The van der Waals surface area contributed by atoms with Gasteiger partial charge in [0.25, 0.3) is 10.0 Å². The Morgan fingerprint density at radius 3 is 2.26 bits per heavy atom. The van der Waals surface area contributed by atoms with Crippen molar-refractivity contribution in [3.63, 3.8) is 0 Å². The van der Waals surface area contributed by atoms with Crippen molar-refractivity contribution in [2.75, 3.05) is 4.72 Å².